The van der Waals surface area contributed by atoms with Crippen LogP contribution in [-0.4, -0.2) is 21.6 Å². The summed E-state index contributed by atoms with van der Waals surface area (Å²) in [5.74, 6) is 0.173. The topological polar surface area (TPSA) is 64.0 Å². The van der Waals surface area contributed by atoms with Crippen molar-refractivity contribution >= 4 is 17.6 Å². The van der Waals surface area contributed by atoms with Crippen LogP contribution in [0.2, 0.25) is 0 Å². The van der Waals surface area contributed by atoms with Crippen molar-refractivity contribution in [3.8, 4) is 0 Å². The molecule has 3 rings (SSSR count). The lowest BCUT2D eigenvalue weighted by Crippen LogP contribution is -2.54. The lowest BCUT2D eigenvalue weighted by atomic mass is 9.66. The van der Waals surface area contributed by atoms with Crippen LogP contribution in [0.1, 0.15) is 29.8 Å². The molecule has 78 valence electrons. The third kappa shape index (κ3) is 0.900. The highest BCUT2D eigenvalue weighted by atomic mass is 16.2. The number of fused-ring (bicyclic) bond motifs is 1. The molecule has 1 N–H and O–H groups in total. The predicted octanol–water partition coefficient (Wildman–Crippen LogP) is 0.954. The Hall–Kier alpha value is -1.65. The number of nitrogens with one attached hydrogen (secondary N) is 1. The smallest absolute Gasteiger partial charge is 0.264 e. The Morgan fingerprint density at radius 1 is 1.47 bits per heavy atom. The Kier molecular flexibility index (Phi) is 1.43. The van der Waals surface area contributed by atoms with Gasteiger partial charge in [-0.25, -0.2) is 0 Å². The second-order valence-electron chi connectivity index (χ2n) is 4.28. The van der Waals surface area contributed by atoms with E-state index in [0.29, 0.717) is 18.7 Å². The van der Waals surface area contributed by atoms with E-state index < -0.39 is 5.41 Å². The number of anilines is 1. The Bertz CT molecular complexity index is 471. The first-order valence-corrected chi connectivity index (χ1v) is 5.06. The van der Waals surface area contributed by atoms with Crippen LogP contribution < -0.4 is 5.32 Å². The number of rotatable bonds is 0. The molecule has 1 aromatic heterocycles. The van der Waals surface area contributed by atoms with Gasteiger partial charge in [0.2, 0.25) is 5.91 Å². The van der Waals surface area contributed by atoms with Gasteiger partial charge in [0.05, 0.1) is 5.69 Å². The van der Waals surface area contributed by atoms with Crippen LogP contribution in [-0.2, 0) is 4.79 Å². The number of carbonyl (C=O) groups is 2. The molecular weight excluding hydrogens is 194 g/mol. The monoisotopic (exact) mass is 205 g/mol. The van der Waals surface area contributed by atoms with Crippen LogP contribution >= 0.6 is 0 Å². The van der Waals surface area contributed by atoms with Crippen LogP contribution in [0.25, 0.3) is 0 Å². The maximum Gasteiger partial charge on any atom is 0.264 e. The van der Waals surface area contributed by atoms with Gasteiger partial charge in [-0.3, -0.25) is 9.59 Å². The summed E-state index contributed by atoms with van der Waals surface area (Å²) in [4.78, 5) is 23.9. The Labute approximate surface area is 86.5 Å². The molecular formula is C10H11N3O2. The molecule has 2 heterocycles. The van der Waals surface area contributed by atoms with E-state index in [9.17, 15) is 9.59 Å². The van der Waals surface area contributed by atoms with Crippen molar-refractivity contribution in [2.75, 3.05) is 5.32 Å². The van der Waals surface area contributed by atoms with Crippen molar-refractivity contribution in [1.82, 2.24) is 9.78 Å². The van der Waals surface area contributed by atoms with Crippen molar-refractivity contribution in [1.29, 1.82) is 0 Å². The third-order valence-electron chi connectivity index (χ3n) is 3.32. The van der Waals surface area contributed by atoms with E-state index in [0.717, 1.165) is 12.1 Å². The number of hydrogen-bond acceptors (Lipinski definition) is 3. The van der Waals surface area contributed by atoms with E-state index in [-0.39, 0.29) is 11.8 Å². The van der Waals surface area contributed by atoms with Crippen LogP contribution in [0, 0.1) is 12.3 Å². The molecule has 1 spiro atoms. The SMILES string of the molecule is Cc1cc2n(n1)C(=O)C1(CCC1)C(=O)N2. The number of carbonyl (C=O) groups excluding carboxylic acids is 2. The van der Waals surface area contributed by atoms with Crippen LogP contribution in [0.5, 0.6) is 0 Å². The first kappa shape index (κ1) is 8.64. The van der Waals surface area contributed by atoms with E-state index in [2.05, 4.69) is 10.4 Å². The summed E-state index contributed by atoms with van der Waals surface area (Å²) in [6.07, 6.45) is 2.24. The fraction of sp³-hybridized carbons (Fsp3) is 0.500. The van der Waals surface area contributed by atoms with Crippen molar-refractivity contribution in [3.05, 3.63) is 11.8 Å². The molecule has 5 nitrogen and oxygen atoms in total. The first-order valence-electron chi connectivity index (χ1n) is 5.06. The first-order chi connectivity index (χ1) is 7.13. The highest BCUT2D eigenvalue weighted by Crippen LogP contribution is 2.45. The molecule has 0 aromatic carbocycles. The van der Waals surface area contributed by atoms with Gasteiger partial charge in [0, 0.05) is 6.07 Å². The normalized spacial score (nSPS) is 22.2. The average molecular weight is 205 g/mol. The minimum Gasteiger partial charge on any atom is -0.310 e. The number of amides is 1. The second-order valence-corrected chi connectivity index (χ2v) is 4.28. The minimum atomic E-state index is -0.814. The lowest BCUT2D eigenvalue weighted by molar-refractivity contribution is -0.127. The Balaban J connectivity index is 2.14. The van der Waals surface area contributed by atoms with Crippen LogP contribution in [0.15, 0.2) is 6.07 Å². The molecule has 5 heteroatoms. The molecule has 0 radical (unpaired) electrons. The zero-order chi connectivity index (χ0) is 10.6. The number of hydrogen-bond donors (Lipinski definition) is 1. The van der Waals surface area contributed by atoms with E-state index >= 15 is 0 Å². The van der Waals surface area contributed by atoms with E-state index in [1.165, 1.54) is 4.68 Å². The molecule has 1 aliphatic carbocycles. The van der Waals surface area contributed by atoms with Gasteiger partial charge in [0.15, 0.2) is 0 Å². The fourth-order valence-corrected chi connectivity index (χ4v) is 2.25. The molecule has 1 aliphatic heterocycles. The van der Waals surface area contributed by atoms with Crippen molar-refractivity contribution in [2.45, 2.75) is 26.2 Å². The zero-order valence-electron chi connectivity index (χ0n) is 8.41. The summed E-state index contributed by atoms with van der Waals surface area (Å²) in [5, 5.41) is 6.84. The van der Waals surface area contributed by atoms with Gasteiger partial charge in [0.25, 0.3) is 5.91 Å². The zero-order valence-corrected chi connectivity index (χ0v) is 8.41. The van der Waals surface area contributed by atoms with Crippen molar-refractivity contribution in [2.24, 2.45) is 5.41 Å². The van der Waals surface area contributed by atoms with E-state index in [1.807, 2.05) is 0 Å². The highest BCUT2D eigenvalue weighted by Gasteiger charge is 2.54. The van der Waals surface area contributed by atoms with Gasteiger partial charge < -0.3 is 5.32 Å². The molecule has 1 aromatic rings. The second kappa shape index (κ2) is 2.48. The van der Waals surface area contributed by atoms with Gasteiger partial charge in [-0.2, -0.15) is 9.78 Å². The summed E-state index contributed by atoms with van der Waals surface area (Å²) < 4.78 is 1.33. The summed E-state index contributed by atoms with van der Waals surface area (Å²) in [5.41, 5.74) is -0.0686. The number of aryl methyl sites for hydroxylation is 1. The van der Waals surface area contributed by atoms with Gasteiger partial charge >= 0.3 is 0 Å². The number of nitrogens with zero attached hydrogens (tertiary/aromatic N) is 2. The minimum absolute atomic E-state index is 0.161. The third-order valence-corrected chi connectivity index (χ3v) is 3.32. The molecule has 0 atom stereocenters. The van der Waals surface area contributed by atoms with Crippen molar-refractivity contribution < 1.29 is 9.59 Å². The molecule has 1 amide bonds. The van der Waals surface area contributed by atoms with Crippen molar-refractivity contribution in [3.63, 3.8) is 0 Å². The summed E-state index contributed by atoms with van der Waals surface area (Å²) in [6, 6.07) is 1.71. The average Bonchev–Trinajstić information content (AvgIpc) is 2.43. The Morgan fingerprint density at radius 2 is 2.20 bits per heavy atom. The molecule has 2 aliphatic rings. The van der Waals surface area contributed by atoms with Crippen LogP contribution in [0.3, 0.4) is 0 Å². The quantitative estimate of drug-likeness (QED) is 0.641. The van der Waals surface area contributed by atoms with Crippen LogP contribution in [0.4, 0.5) is 5.82 Å². The highest BCUT2D eigenvalue weighted by molar-refractivity contribution is 6.15. The fourth-order valence-electron chi connectivity index (χ4n) is 2.25. The lowest BCUT2D eigenvalue weighted by Gasteiger charge is -2.40. The van der Waals surface area contributed by atoms with E-state index in [4.69, 9.17) is 0 Å². The molecule has 0 saturated heterocycles. The Morgan fingerprint density at radius 3 is 2.80 bits per heavy atom. The molecule has 0 unspecified atom stereocenters. The maximum atomic E-state index is 12.1. The standard InChI is InChI=1S/C10H11N3O2/c1-6-5-7-11-8(14)10(3-2-4-10)9(15)13(7)12-6/h5H,2-4H2,1H3,(H,11,14). The molecule has 15 heavy (non-hydrogen) atoms. The number of aromatic nitrogens is 2. The van der Waals surface area contributed by atoms with Gasteiger partial charge in [-0.05, 0) is 19.8 Å². The molecule has 1 saturated carbocycles. The van der Waals surface area contributed by atoms with E-state index in [1.54, 1.807) is 13.0 Å². The molecule has 1 fully saturated rings. The summed E-state index contributed by atoms with van der Waals surface area (Å²) in [7, 11) is 0. The van der Waals surface area contributed by atoms with Gasteiger partial charge in [-0.1, -0.05) is 6.42 Å². The maximum absolute atomic E-state index is 12.1. The van der Waals surface area contributed by atoms with Gasteiger partial charge in [-0.15, -0.1) is 0 Å². The van der Waals surface area contributed by atoms with Gasteiger partial charge in [0.1, 0.15) is 11.2 Å². The predicted molar refractivity (Wildman–Crippen MR) is 52.5 cm³/mol. The molecule has 0 bridgehead atoms. The summed E-state index contributed by atoms with van der Waals surface area (Å²) in [6.45, 7) is 1.80. The largest absolute Gasteiger partial charge is 0.310 e. The summed E-state index contributed by atoms with van der Waals surface area (Å²) >= 11 is 0.